The van der Waals surface area contributed by atoms with Gasteiger partial charge >= 0.3 is 0 Å². The van der Waals surface area contributed by atoms with Crippen molar-refractivity contribution in [2.45, 2.75) is 17.9 Å². The molecule has 0 atom stereocenters. The van der Waals surface area contributed by atoms with Crippen molar-refractivity contribution in [3.63, 3.8) is 0 Å². The summed E-state index contributed by atoms with van der Waals surface area (Å²) in [7, 11) is -0.926. The van der Waals surface area contributed by atoms with Gasteiger partial charge in [-0.2, -0.15) is 4.31 Å². The van der Waals surface area contributed by atoms with Gasteiger partial charge in [-0.05, 0) is 24.3 Å². The monoisotopic (exact) mass is 460 g/mol. The lowest BCUT2D eigenvalue weighted by Crippen LogP contribution is -2.35. The molecular formula is C20H20N4O5S2. The van der Waals surface area contributed by atoms with Gasteiger partial charge in [-0.1, -0.05) is 6.07 Å². The smallest absolute Gasteiger partial charge is 0.276 e. The highest BCUT2D eigenvalue weighted by Crippen LogP contribution is 2.35. The van der Waals surface area contributed by atoms with E-state index < -0.39 is 10.0 Å². The third-order valence-electron chi connectivity index (χ3n) is 4.80. The second-order valence-electron chi connectivity index (χ2n) is 6.66. The molecule has 0 spiro atoms. The topological polar surface area (TPSA) is 111 Å². The zero-order valence-corrected chi connectivity index (χ0v) is 18.5. The Bertz CT molecular complexity index is 1210. The quantitative estimate of drug-likeness (QED) is 0.602. The molecule has 0 radical (unpaired) electrons. The standard InChI is InChI=1S/C20H20N4O5S2/c1-28-13-6-7-16(29-2)18(11-13)31(26,27)24-10-8-14-17(12-24)30-20(22-14)23-19(25)15-5-3-4-9-21-15/h3-7,9,11H,8,10,12H2,1-2H3,(H,22,23,25). The van der Waals surface area contributed by atoms with E-state index in [4.69, 9.17) is 9.47 Å². The number of benzene rings is 1. The highest BCUT2D eigenvalue weighted by molar-refractivity contribution is 7.89. The minimum atomic E-state index is -3.83. The molecule has 9 nitrogen and oxygen atoms in total. The number of pyridine rings is 1. The lowest BCUT2D eigenvalue weighted by Gasteiger charge is -2.26. The number of rotatable bonds is 6. The lowest BCUT2D eigenvalue weighted by molar-refractivity contribution is 0.102. The van der Waals surface area contributed by atoms with Crippen molar-refractivity contribution in [1.82, 2.24) is 14.3 Å². The van der Waals surface area contributed by atoms with E-state index in [9.17, 15) is 13.2 Å². The van der Waals surface area contributed by atoms with Crippen molar-refractivity contribution in [3.05, 3.63) is 58.9 Å². The third kappa shape index (κ3) is 4.24. The summed E-state index contributed by atoms with van der Waals surface area (Å²) in [4.78, 5) is 21.6. The first-order chi connectivity index (χ1) is 14.9. The third-order valence-corrected chi connectivity index (χ3v) is 7.67. The molecule has 3 heterocycles. The van der Waals surface area contributed by atoms with E-state index >= 15 is 0 Å². The molecule has 4 rings (SSSR count). The molecular weight excluding hydrogens is 440 g/mol. The Balaban J connectivity index is 1.56. The normalized spacial score (nSPS) is 14.0. The molecule has 2 aromatic heterocycles. The van der Waals surface area contributed by atoms with Crippen LogP contribution in [0.3, 0.4) is 0 Å². The summed E-state index contributed by atoms with van der Waals surface area (Å²) in [6.45, 7) is 0.433. The summed E-state index contributed by atoms with van der Waals surface area (Å²) in [6.07, 6.45) is 1.98. The van der Waals surface area contributed by atoms with Gasteiger partial charge in [0.15, 0.2) is 5.13 Å². The number of amides is 1. The fourth-order valence-corrected chi connectivity index (χ4v) is 5.89. The van der Waals surface area contributed by atoms with Gasteiger partial charge in [0.2, 0.25) is 10.0 Å². The number of aromatic nitrogens is 2. The molecule has 0 saturated heterocycles. The van der Waals surface area contributed by atoms with Crippen molar-refractivity contribution >= 4 is 32.4 Å². The molecule has 162 valence electrons. The van der Waals surface area contributed by atoms with Crippen LogP contribution >= 0.6 is 11.3 Å². The first kappa shape index (κ1) is 21.2. The number of sulfonamides is 1. The number of fused-ring (bicyclic) bond motifs is 1. The van der Waals surface area contributed by atoms with Crippen molar-refractivity contribution in [3.8, 4) is 11.5 Å². The van der Waals surface area contributed by atoms with E-state index in [-0.39, 0.29) is 35.3 Å². The number of methoxy groups -OCH3 is 2. The molecule has 3 aromatic rings. The van der Waals surface area contributed by atoms with Gasteiger partial charge in [-0.15, -0.1) is 11.3 Å². The molecule has 11 heteroatoms. The molecule has 31 heavy (non-hydrogen) atoms. The predicted octanol–water partition coefficient (Wildman–Crippen LogP) is 2.55. The highest BCUT2D eigenvalue weighted by atomic mass is 32.2. The van der Waals surface area contributed by atoms with Gasteiger partial charge in [0.25, 0.3) is 5.91 Å². The molecule has 1 N–H and O–H groups in total. The Labute approximate surface area is 183 Å². The molecule has 0 saturated carbocycles. The summed E-state index contributed by atoms with van der Waals surface area (Å²) >= 11 is 1.26. The van der Waals surface area contributed by atoms with E-state index in [0.29, 0.717) is 17.3 Å². The van der Waals surface area contributed by atoms with Crippen LogP contribution in [-0.4, -0.2) is 49.4 Å². The van der Waals surface area contributed by atoms with Crippen LogP contribution in [0.4, 0.5) is 5.13 Å². The number of ether oxygens (including phenoxy) is 2. The first-order valence-electron chi connectivity index (χ1n) is 9.35. The summed E-state index contributed by atoms with van der Waals surface area (Å²) in [5, 5.41) is 3.15. The maximum Gasteiger partial charge on any atom is 0.276 e. The minimum Gasteiger partial charge on any atom is -0.497 e. The fraction of sp³-hybridized carbons (Fsp3) is 0.250. The molecule has 0 aliphatic carbocycles. The zero-order valence-electron chi connectivity index (χ0n) is 16.9. The Morgan fingerprint density at radius 1 is 1.19 bits per heavy atom. The average molecular weight is 461 g/mol. The molecule has 0 unspecified atom stereocenters. The van der Waals surface area contributed by atoms with Gasteiger partial charge < -0.3 is 9.47 Å². The maximum atomic E-state index is 13.3. The predicted molar refractivity (Wildman–Crippen MR) is 115 cm³/mol. The van der Waals surface area contributed by atoms with Gasteiger partial charge in [-0.3, -0.25) is 15.1 Å². The number of hydrogen-bond donors (Lipinski definition) is 1. The van der Waals surface area contributed by atoms with Gasteiger partial charge in [0.1, 0.15) is 22.1 Å². The van der Waals surface area contributed by atoms with Crippen LogP contribution in [0.25, 0.3) is 0 Å². The number of anilines is 1. The van der Waals surface area contributed by atoms with E-state index in [0.717, 1.165) is 10.6 Å². The molecule has 1 aliphatic rings. The number of nitrogens with zero attached hydrogens (tertiary/aromatic N) is 3. The number of nitrogens with one attached hydrogen (secondary N) is 1. The maximum absolute atomic E-state index is 13.3. The molecule has 0 fully saturated rings. The number of carbonyl (C=O) groups excluding carboxylic acids is 1. The van der Waals surface area contributed by atoms with Crippen LogP contribution in [0.5, 0.6) is 11.5 Å². The largest absolute Gasteiger partial charge is 0.497 e. The lowest BCUT2D eigenvalue weighted by atomic mass is 10.2. The van der Waals surface area contributed by atoms with Gasteiger partial charge in [-0.25, -0.2) is 13.4 Å². The van der Waals surface area contributed by atoms with Crippen LogP contribution in [0.2, 0.25) is 0 Å². The molecule has 0 bridgehead atoms. The van der Waals surface area contributed by atoms with Crippen molar-refractivity contribution in [1.29, 1.82) is 0 Å². The molecule has 1 amide bonds. The Hall–Kier alpha value is -3.02. The zero-order chi connectivity index (χ0) is 22.0. The van der Waals surface area contributed by atoms with Crippen molar-refractivity contribution < 1.29 is 22.7 Å². The van der Waals surface area contributed by atoms with Crippen LogP contribution in [-0.2, 0) is 23.0 Å². The van der Waals surface area contributed by atoms with Crippen molar-refractivity contribution in [2.24, 2.45) is 0 Å². The van der Waals surface area contributed by atoms with Crippen LogP contribution in [0.15, 0.2) is 47.5 Å². The minimum absolute atomic E-state index is 0.0472. The van der Waals surface area contributed by atoms with Crippen LogP contribution < -0.4 is 14.8 Å². The van der Waals surface area contributed by atoms with Gasteiger partial charge in [0, 0.05) is 30.1 Å². The molecule has 1 aromatic carbocycles. The van der Waals surface area contributed by atoms with Crippen molar-refractivity contribution in [2.75, 3.05) is 26.1 Å². The summed E-state index contributed by atoms with van der Waals surface area (Å²) in [5.74, 6) is 0.311. The van der Waals surface area contributed by atoms with Gasteiger partial charge in [0.05, 0.1) is 26.5 Å². The van der Waals surface area contributed by atoms with Crippen LogP contribution in [0.1, 0.15) is 21.1 Å². The number of carbonyl (C=O) groups is 1. The van der Waals surface area contributed by atoms with E-state index in [1.165, 1.54) is 42.1 Å². The second-order valence-corrected chi connectivity index (χ2v) is 9.65. The number of hydrogen-bond acceptors (Lipinski definition) is 8. The summed E-state index contributed by atoms with van der Waals surface area (Å²) < 4.78 is 38.4. The Morgan fingerprint density at radius 3 is 2.74 bits per heavy atom. The first-order valence-corrected chi connectivity index (χ1v) is 11.6. The van der Waals surface area contributed by atoms with Crippen LogP contribution in [0, 0.1) is 0 Å². The van der Waals surface area contributed by atoms with E-state index in [1.807, 2.05) is 0 Å². The number of thiazole rings is 1. The molecule has 1 aliphatic heterocycles. The van der Waals surface area contributed by atoms with E-state index in [2.05, 4.69) is 15.3 Å². The summed E-state index contributed by atoms with van der Waals surface area (Å²) in [5.41, 5.74) is 1.07. The average Bonchev–Trinajstić information content (AvgIpc) is 3.20. The SMILES string of the molecule is COc1ccc(OC)c(S(=O)(=O)N2CCc3nc(NC(=O)c4ccccn4)sc3C2)c1. The second kappa shape index (κ2) is 8.61. The Kier molecular flexibility index (Phi) is 5.90. The Morgan fingerprint density at radius 2 is 2.03 bits per heavy atom. The van der Waals surface area contributed by atoms with E-state index in [1.54, 1.807) is 30.3 Å². The highest BCUT2D eigenvalue weighted by Gasteiger charge is 2.33. The fourth-order valence-electron chi connectivity index (χ4n) is 3.21. The summed E-state index contributed by atoms with van der Waals surface area (Å²) in [6, 6.07) is 9.73.